The highest BCUT2D eigenvalue weighted by atomic mass is 15.1. The van der Waals surface area contributed by atoms with E-state index in [4.69, 9.17) is 0 Å². The molecular formula is C58H48N2. The molecule has 0 aliphatic carbocycles. The highest BCUT2D eigenvalue weighted by Gasteiger charge is 2.22. The Morgan fingerprint density at radius 1 is 0.267 bits per heavy atom. The fourth-order valence-electron chi connectivity index (χ4n) is 9.62. The molecule has 0 heterocycles. The molecule has 2 heteroatoms. The fraction of sp³-hybridized carbons (Fsp3) is 0.103. The Balaban J connectivity index is 1.13. The first-order valence-corrected chi connectivity index (χ1v) is 21.0. The van der Waals surface area contributed by atoms with Crippen LogP contribution in [-0.2, 0) is 0 Å². The molecule has 0 aliphatic rings. The minimum atomic E-state index is 1.13. The number of nitrogens with zero attached hydrogens (tertiary/aromatic N) is 2. The summed E-state index contributed by atoms with van der Waals surface area (Å²) < 4.78 is 0. The lowest BCUT2D eigenvalue weighted by Gasteiger charge is -2.29. The van der Waals surface area contributed by atoms with Crippen molar-refractivity contribution in [1.82, 2.24) is 0 Å². The van der Waals surface area contributed by atoms with Gasteiger partial charge in [-0.1, -0.05) is 121 Å². The van der Waals surface area contributed by atoms with Crippen molar-refractivity contribution in [2.75, 3.05) is 9.80 Å². The standard InChI is InChI=1S/C58H48N2/c1-37-23-25-47(55-39(3)15-13-16-40(55)4)35-53(37)59(49-19-9-7-10-20-49)51-31-43-27-29-45-33-52(34-46-30-28-44(32-51)57(43)58(45)46)60(50-21-11-8-12-22-50)54-36-48(26-24-38(54)2)56-41(5)17-14-18-42(56)6/h7-36H,1-6H3. The van der Waals surface area contributed by atoms with Gasteiger partial charge in [0.25, 0.3) is 0 Å². The Kier molecular flexibility index (Phi) is 9.22. The predicted octanol–water partition coefficient (Wildman–Crippen LogP) is 16.7. The molecule has 0 saturated carbocycles. The topological polar surface area (TPSA) is 6.48 Å². The average molecular weight is 773 g/mol. The summed E-state index contributed by atoms with van der Waals surface area (Å²) in [6, 6.07) is 67.4. The molecule has 0 aliphatic heterocycles. The summed E-state index contributed by atoms with van der Waals surface area (Å²) in [7, 11) is 0. The number of rotatable bonds is 8. The molecule has 0 saturated heterocycles. The average Bonchev–Trinajstić information content (AvgIpc) is 3.25. The Hall–Kier alpha value is -7.16. The number of hydrogen-bond donors (Lipinski definition) is 0. The van der Waals surface area contributed by atoms with Crippen LogP contribution in [0.5, 0.6) is 0 Å². The zero-order chi connectivity index (χ0) is 41.1. The molecule has 0 radical (unpaired) electrons. The van der Waals surface area contributed by atoms with Gasteiger partial charge in [0.05, 0.1) is 0 Å². The van der Waals surface area contributed by atoms with Crippen LogP contribution in [0.4, 0.5) is 34.1 Å². The third-order valence-electron chi connectivity index (χ3n) is 12.5. The molecule has 0 fully saturated rings. The maximum absolute atomic E-state index is 2.44. The molecule has 0 unspecified atom stereocenters. The fourth-order valence-corrected chi connectivity index (χ4v) is 9.62. The van der Waals surface area contributed by atoms with Crippen molar-refractivity contribution >= 4 is 66.4 Å². The summed E-state index contributed by atoms with van der Waals surface area (Å²) in [5.41, 5.74) is 19.6. The van der Waals surface area contributed by atoms with Gasteiger partial charge in [0, 0.05) is 34.1 Å². The van der Waals surface area contributed by atoms with Crippen molar-refractivity contribution in [2.45, 2.75) is 41.5 Å². The molecule has 0 amide bonds. The number of para-hydroxylation sites is 2. The monoisotopic (exact) mass is 772 g/mol. The minimum Gasteiger partial charge on any atom is -0.310 e. The smallest absolute Gasteiger partial charge is 0.0496 e. The van der Waals surface area contributed by atoms with Crippen LogP contribution in [0.2, 0.25) is 0 Å². The summed E-state index contributed by atoms with van der Waals surface area (Å²) >= 11 is 0. The summed E-state index contributed by atoms with van der Waals surface area (Å²) in [6.07, 6.45) is 0. The van der Waals surface area contributed by atoms with E-state index in [0.717, 1.165) is 22.7 Å². The van der Waals surface area contributed by atoms with E-state index >= 15 is 0 Å². The van der Waals surface area contributed by atoms with Crippen molar-refractivity contribution in [3.05, 3.63) is 215 Å². The molecule has 290 valence electrons. The Morgan fingerprint density at radius 2 is 0.600 bits per heavy atom. The van der Waals surface area contributed by atoms with E-state index in [1.165, 1.54) is 99.3 Å². The van der Waals surface area contributed by atoms with E-state index in [0.29, 0.717) is 0 Å². The van der Waals surface area contributed by atoms with Crippen molar-refractivity contribution in [3.63, 3.8) is 0 Å². The Bertz CT molecular complexity index is 2890. The quantitative estimate of drug-likeness (QED) is 0.142. The van der Waals surface area contributed by atoms with Gasteiger partial charge in [-0.25, -0.2) is 0 Å². The van der Waals surface area contributed by atoms with E-state index in [-0.39, 0.29) is 0 Å². The summed E-state index contributed by atoms with van der Waals surface area (Å²) in [4.78, 5) is 4.87. The first-order chi connectivity index (χ1) is 29.2. The molecule has 0 N–H and O–H groups in total. The first kappa shape index (κ1) is 37.1. The highest BCUT2D eigenvalue weighted by Crippen LogP contribution is 2.46. The Labute approximate surface area is 354 Å². The van der Waals surface area contributed by atoms with Crippen LogP contribution in [0.25, 0.3) is 54.6 Å². The van der Waals surface area contributed by atoms with Gasteiger partial charge in [-0.3, -0.25) is 0 Å². The lowest BCUT2D eigenvalue weighted by atomic mass is 9.92. The van der Waals surface area contributed by atoms with Gasteiger partial charge in [-0.15, -0.1) is 0 Å². The molecular weight excluding hydrogens is 725 g/mol. The zero-order valence-electron chi connectivity index (χ0n) is 35.2. The number of benzene rings is 10. The van der Waals surface area contributed by atoms with Crippen LogP contribution in [0.15, 0.2) is 182 Å². The van der Waals surface area contributed by atoms with Crippen LogP contribution in [0.3, 0.4) is 0 Å². The number of anilines is 6. The van der Waals surface area contributed by atoms with Crippen LogP contribution in [0, 0.1) is 41.5 Å². The van der Waals surface area contributed by atoms with Gasteiger partial charge in [0.2, 0.25) is 0 Å². The highest BCUT2D eigenvalue weighted by molar-refractivity contribution is 6.24. The summed E-state index contributed by atoms with van der Waals surface area (Å²) in [6.45, 7) is 13.3. The lowest BCUT2D eigenvalue weighted by Crippen LogP contribution is -2.12. The molecule has 2 nitrogen and oxygen atoms in total. The van der Waals surface area contributed by atoms with E-state index < -0.39 is 0 Å². The van der Waals surface area contributed by atoms with Gasteiger partial charge >= 0.3 is 0 Å². The third-order valence-corrected chi connectivity index (χ3v) is 12.5. The zero-order valence-corrected chi connectivity index (χ0v) is 35.2. The summed E-state index contributed by atoms with van der Waals surface area (Å²) in [5, 5.41) is 7.53. The van der Waals surface area contributed by atoms with Gasteiger partial charge in [-0.2, -0.15) is 0 Å². The van der Waals surface area contributed by atoms with E-state index in [1.54, 1.807) is 0 Å². The van der Waals surface area contributed by atoms with Gasteiger partial charge in [0.1, 0.15) is 0 Å². The third kappa shape index (κ3) is 6.37. The maximum atomic E-state index is 2.44. The normalized spacial score (nSPS) is 11.5. The molecule has 10 aromatic carbocycles. The van der Waals surface area contributed by atoms with Crippen molar-refractivity contribution in [1.29, 1.82) is 0 Å². The first-order valence-electron chi connectivity index (χ1n) is 21.0. The summed E-state index contributed by atoms with van der Waals surface area (Å²) in [5.74, 6) is 0. The van der Waals surface area contributed by atoms with Gasteiger partial charge in [-0.05, 0) is 190 Å². The largest absolute Gasteiger partial charge is 0.310 e. The van der Waals surface area contributed by atoms with Crippen LogP contribution in [0.1, 0.15) is 33.4 Å². The van der Waals surface area contributed by atoms with E-state index in [2.05, 4.69) is 233 Å². The van der Waals surface area contributed by atoms with Crippen molar-refractivity contribution < 1.29 is 0 Å². The van der Waals surface area contributed by atoms with E-state index in [9.17, 15) is 0 Å². The Morgan fingerprint density at radius 3 is 0.933 bits per heavy atom. The van der Waals surface area contributed by atoms with Crippen LogP contribution < -0.4 is 9.80 Å². The molecule has 10 rings (SSSR count). The van der Waals surface area contributed by atoms with Crippen molar-refractivity contribution in [3.8, 4) is 22.3 Å². The second kappa shape index (κ2) is 14.9. The molecule has 0 spiro atoms. The minimum absolute atomic E-state index is 1.13. The van der Waals surface area contributed by atoms with E-state index in [1.807, 2.05) is 0 Å². The van der Waals surface area contributed by atoms with Crippen molar-refractivity contribution in [2.24, 2.45) is 0 Å². The van der Waals surface area contributed by atoms with Gasteiger partial charge in [0.15, 0.2) is 0 Å². The lowest BCUT2D eigenvalue weighted by molar-refractivity contribution is 1.25. The second-order valence-corrected chi connectivity index (χ2v) is 16.5. The molecule has 0 atom stereocenters. The van der Waals surface area contributed by atoms with Crippen LogP contribution >= 0.6 is 0 Å². The second-order valence-electron chi connectivity index (χ2n) is 16.5. The SMILES string of the molecule is Cc1ccc(-c2c(C)cccc2C)cc1N(c1ccccc1)c1cc2ccc3cc(N(c4ccccc4)c4cc(-c5c(C)cccc5C)ccc4C)cc4ccc(c1)c2c34. The molecule has 60 heavy (non-hydrogen) atoms. The predicted molar refractivity (Wildman–Crippen MR) is 259 cm³/mol. The molecule has 10 aromatic rings. The van der Waals surface area contributed by atoms with Crippen LogP contribution in [-0.4, -0.2) is 0 Å². The van der Waals surface area contributed by atoms with Gasteiger partial charge < -0.3 is 9.80 Å². The maximum Gasteiger partial charge on any atom is 0.0496 e. The molecule has 0 aromatic heterocycles. The molecule has 0 bridgehead atoms. The number of hydrogen-bond acceptors (Lipinski definition) is 2. The number of aryl methyl sites for hydroxylation is 6.